The van der Waals surface area contributed by atoms with E-state index >= 15 is 0 Å². The minimum absolute atomic E-state index is 0.0175. The Morgan fingerprint density at radius 3 is 2.59 bits per heavy atom. The van der Waals surface area contributed by atoms with Crippen LogP contribution >= 0.6 is 0 Å². The van der Waals surface area contributed by atoms with Crippen LogP contribution in [0.1, 0.15) is 17.0 Å². The van der Waals surface area contributed by atoms with Crippen LogP contribution in [-0.2, 0) is 14.6 Å². The second-order valence-electron chi connectivity index (χ2n) is 7.02. The summed E-state index contributed by atoms with van der Waals surface area (Å²) in [7, 11) is -3.29. The lowest BCUT2D eigenvalue weighted by atomic mass is 9.94. The average molecular weight is 385 g/mol. The number of amides is 1. The van der Waals surface area contributed by atoms with E-state index in [2.05, 4.69) is 18.0 Å². The van der Waals surface area contributed by atoms with Crippen LogP contribution in [0.5, 0.6) is 0 Å². The largest absolute Gasteiger partial charge is 0.380 e. The Kier molecular flexibility index (Phi) is 5.37. The molecule has 0 spiro atoms. The summed E-state index contributed by atoms with van der Waals surface area (Å²) >= 11 is 0. The molecule has 142 valence electrons. The van der Waals surface area contributed by atoms with E-state index in [4.69, 9.17) is 0 Å². The first-order chi connectivity index (χ1) is 12.8. The number of hydrogen-bond donors (Lipinski definition) is 1. The Bertz CT molecular complexity index is 969. The van der Waals surface area contributed by atoms with E-state index in [9.17, 15) is 13.2 Å². The van der Waals surface area contributed by atoms with Gasteiger partial charge in [0.25, 0.3) is 0 Å². The van der Waals surface area contributed by atoms with E-state index < -0.39 is 9.84 Å². The number of rotatable bonds is 5. The molecule has 6 heteroatoms. The summed E-state index contributed by atoms with van der Waals surface area (Å²) in [6.07, 6.45) is 2.52. The van der Waals surface area contributed by atoms with E-state index in [0.717, 1.165) is 16.8 Å². The maximum absolute atomic E-state index is 12.2. The van der Waals surface area contributed by atoms with Crippen LogP contribution in [0.2, 0.25) is 0 Å². The van der Waals surface area contributed by atoms with Crippen LogP contribution in [0.3, 0.4) is 0 Å². The maximum Gasteiger partial charge on any atom is 0.246 e. The summed E-state index contributed by atoms with van der Waals surface area (Å²) in [5.41, 5.74) is 3.03. The molecule has 1 aliphatic heterocycles. The highest BCUT2D eigenvalue weighted by Gasteiger charge is 2.35. The molecule has 2 atom stereocenters. The molecule has 1 amide bonds. The molecule has 0 saturated carbocycles. The summed E-state index contributed by atoms with van der Waals surface area (Å²) in [5, 5.41) is 3.52. The first-order valence-corrected chi connectivity index (χ1v) is 10.7. The highest BCUT2D eigenvalue weighted by Crippen LogP contribution is 2.31. The van der Waals surface area contributed by atoms with Crippen LogP contribution < -0.4 is 5.32 Å². The Hall–Kier alpha value is -2.60. The SMILES string of the molecule is C=CC(=O)N1C[C@@H](Nc2cccc(C)c2)[C@H](c2cccc(S(C)(=O)=O)c2)C1. The van der Waals surface area contributed by atoms with Crippen molar-refractivity contribution in [2.75, 3.05) is 24.7 Å². The molecule has 1 aliphatic rings. The highest BCUT2D eigenvalue weighted by atomic mass is 32.2. The number of aryl methyl sites for hydroxylation is 1. The second kappa shape index (κ2) is 7.56. The van der Waals surface area contributed by atoms with Gasteiger partial charge < -0.3 is 10.2 Å². The molecule has 27 heavy (non-hydrogen) atoms. The van der Waals surface area contributed by atoms with Gasteiger partial charge in [0.05, 0.1) is 10.9 Å². The number of nitrogens with one attached hydrogen (secondary N) is 1. The molecule has 1 heterocycles. The van der Waals surface area contributed by atoms with Crippen LogP contribution in [0.25, 0.3) is 0 Å². The van der Waals surface area contributed by atoms with Crippen LogP contribution in [0.4, 0.5) is 5.69 Å². The first-order valence-electron chi connectivity index (χ1n) is 8.82. The van der Waals surface area contributed by atoms with Gasteiger partial charge >= 0.3 is 0 Å². The van der Waals surface area contributed by atoms with Gasteiger partial charge in [-0.1, -0.05) is 30.8 Å². The van der Waals surface area contributed by atoms with Gasteiger partial charge in [0.15, 0.2) is 9.84 Å². The molecular formula is C21H24N2O3S. The third-order valence-electron chi connectivity index (χ3n) is 4.89. The Morgan fingerprint density at radius 1 is 1.19 bits per heavy atom. The van der Waals surface area contributed by atoms with E-state index in [0.29, 0.717) is 18.0 Å². The molecule has 5 nitrogen and oxygen atoms in total. The number of carbonyl (C=O) groups is 1. The maximum atomic E-state index is 12.2. The van der Waals surface area contributed by atoms with E-state index in [1.165, 1.54) is 12.3 Å². The minimum Gasteiger partial charge on any atom is -0.380 e. The number of hydrogen-bond acceptors (Lipinski definition) is 4. The molecule has 1 fully saturated rings. The molecule has 0 aliphatic carbocycles. The summed E-state index contributed by atoms with van der Waals surface area (Å²) in [6.45, 7) is 6.66. The molecule has 0 aromatic heterocycles. The van der Waals surface area contributed by atoms with Crippen LogP contribution in [-0.4, -0.2) is 44.6 Å². The molecule has 2 aromatic carbocycles. The fraction of sp³-hybridized carbons (Fsp3) is 0.286. The molecule has 2 aromatic rings. The van der Waals surface area contributed by atoms with Gasteiger partial charge in [-0.3, -0.25) is 4.79 Å². The van der Waals surface area contributed by atoms with Gasteiger partial charge in [0, 0.05) is 31.0 Å². The van der Waals surface area contributed by atoms with Crippen molar-refractivity contribution in [3.8, 4) is 0 Å². The Morgan fingerprint density at radius 2 is 1.93 bits per heavy atom. The standard InChI is InChI=1S/C21H24N2O3S/c1-4-21(24)23-13-19(16-8-6-10-18(12-16)27(3,25)26)20(14-23)22-17-9-5-7-15(2)11-17/h4-12,19-20,22H,1,13-14H2,2-3H3/t19-,20+/m0/s1. The summed E-state index contributed by atoms with van der Waals surface area (Å²) in [5.74, 6) is -0.135. The number of benzene rings is 2. The van der Waals surface area contributed by atoms with Gasteiger partial charge in [0.1, 0.15) is 0 Å². The van der Waals surface area contributed by atoms with Crippen molar-refractivity contribution in [2.45, 2.75) is 23.8 Å². The zero-order valence-electron chi connectivity index (χ0n) is 15.6. The number of likely N-dealkylation sites (tertiary alicyclic amines) is 1. The molecule has 1 N–H and O–H groups in total. The predicted molar refractivity (Wildman–Crippen MR) is 108 cm³/mol. The van der Waals surface area contributed by atoms with Crippen molar-refractivity contribution < 1.29 is 13.2 Å². The van der Waals surface area contributed by atoms with Gasteiger partial charge in [0.2, 0.25) is 5.91 Å². The molecule has 0 unspecified atom stereocenters. The number of nitrogens with zero attached hydrogens (tertiary/aromatic N) is 1. The predicted octanol–water partition coefficient (Wildman–Crippen LogP) is 2.99. The van der Waals surface area contributed by atoms with Crippen molar-refractivity contribution >= 4 is 21.4 Å². The van der Waals surface area contributed by atoms with Crippen LogP contribution in [0.15, 0.2) is 66.1 Å². The van der Waals surface area contributed by atoms with Gasteiger partial charge in [-0.15, -0.1) is 0 Å². The fourth-order valence-corrected chi connectivity index (χ4v) is 4.20. The third-order valence-corrected chi connectivity index (χ3v) is 6.00. The highest BCUT2D eigenvalue weighted by molar-refractivity contribution is 7.90. The molecule has 1 saturated heterocycles. The molecular weight excluding hydrogens is 360 g/mol. The molecule has 0 bridgehead atoms. The first kappa shape index (κ1) is 19.2. The average Bonchev–Trinajstić information content (AvgIpc) is 3.04. The van der Waals surface area contributed by atoms with Crippen molar-refractivity contribution in [3.63, 3.8) is 0 Å². The summed E-state index contributed by atoms with van der Waals surface area (Å²) in [4.78, 5) is 14.2. The van der Waals surface area contributed by atoms with Gasteiger partial charge in [-0.25, -0.2) is 8.42 Å². The van der Waals surface area contributed by atoms with E-state index in [1.54, 1.807) is 23.1 Å². The minimum atomic E-state index is -3.29. The lowest BCUT2D eigenvalue weighted by Crippen LogP contribution is -2.30. The lowest BCUT2D eigenvalue weighted by Gasteiger charge is -2.21. The van der Waals surface area contributed by atoms with E-state index in [-0.39, 0.29) is 17.9 Å². The quantitative estimate of drug-likeness (QED) is 0.805. The van der Waals surface area contributed by atoms with Gasteiger partial charge in [-0.2, -0.15) is 0 Å². The van der Waals surface area contributed by atoms with Crippen molar-refractivity contribution in [3.05, 3.63) is 72.3 Å². The topological polar surface area (TPSA) is 66.5 Å². The number of anilines is 1. The summed E-state index contributed by atoms with van der Waals surface area (Å²) < 4.78 is 23.9. The van der Waals surface area contributed by atoms with E-state index in [1.807, 2.05) is 31.2 Å². The monoisotopic (exact) mass is 384 g/mol. The number of sulfone groups is 1. The van der Waals surface area contributed by atoms with Crippen LogP contribution in [0, 0.1) is 6.92 Å². The Balaban J connectivity index is 1.94. The Labute approximate surface area is 160 Å². The normalized spacial score (nSPS) is 19.7. The number of carbonyl (C=O) groups excluding carboxylic acids is 1. The molecule has 3 rings (SSSR count). The second-order valence-corrected chi connectivity index (χ2v) is 9.03. The van der Waals surface area contributed by atoms with Gasteiger partial charge in [-0.05, 0) is 48.4 Å². The van der Waals surface area contributed by atoms with Crippen molar-refractivity contribution in [2.24, 2.45) is 0 Å². The van der Waals surface area contributed by atoms with Crippen molar-refractivity contribution in [1.82, 2.24) is 4.90 Å². The zero-order valence-corrected chi connectivity index (χ0v) is 16.4. The third kappa shape index (κ3) is 4.39. The zero-order chi connectivity index (χ0) is 19.6. The fourth-order valence-electron chi connectivity index (χ4n) is 3.52. The smallest absolute Gasteiger partial charge is 0.246 e. The lowest BCUT2D eigenvalue weighted by molar-refractivity contribution is -0.125. The summed E-state index contributed by atoms with van der Waals surface area (Å²) in [6, 6.07) is 15.0. The van der Waals surface area contributed by atoms with Crippen molar-refractivity contribution in [1.29, 1.82) is 0 Å². The molecule has 0 radical (unpaired) electrons.